The maximum atomic E-state index is 5.87. The SMILES string of the molecule is c1ccc2c(c1)OCC(CNCc1ccsc1)O2. The number of benzene rings is 1. The molecular formula is C14H15NO2S. The first-order chi connectivity index (χ1) is 8.92. The van der Waals surface area contributed by atoms with E-state index in [4.69, 9.17) is 9.47 Å². The molecule has 18 heavy (non-hydrogen) atoms. The van der Waals surface area contributed by atoms with Crippen LogP contribution in [0.5, 0.6) is 11.5 Å². The smallest absolute Gasteiger partial charge is 0.161 e. The van der Waals surface area contributed by atoms with Gasteiger partial charge in [-0.2, -0.15) is 11.3 Å². The lowest BCUT2D eigenvalue weighted by Gasteiger charge is -2.26. The van der Waals surface area contributed by atoms with Gasteiger partial charge >= 0.3 is 0 Å². The highest BCUT2D eigenvalue weighted by Crippen LogP contribution is 2.30. The minimum Gasteiger partial charge on any atom is -0.486 e. The summed E-state index contributed by atoms with van der Waals surface area (Å²) in [6.45, 7) is 2.28. The Hall–Kier alpha value is -1.52. The van der Waals surface area contributed by atoms with E-state index >= 15 is 0 Å². The summed E-state index contributed by atoms with van der Waals surface area (Å²) >= 11 is 1.72. The normalized spacial score (nSPS) is 17.7. The molecule has 0 saturated carbocycles. The molecule has 1 N–H and O–H groups in total. The maximum Gasteiger partial charge on any atom is 0.161 e. The molecule has 94 valence electrons. The molecule has 1 aliphatic heterocycles. The fraction of sp³-hybridized carbons (Fsp3) is 0.286. The van der Waals surface area contributed by atoms with Crippen molar-refractivity contribution in [2.45, 2.75) is 12.6 Å². The average molecular weight is 261 g/mol. The van der Waals surface area contributed by atoms with Gasteiger partial charge in [-0.1, -0.05) is 12.1 Å². The van der Waals surface area contributed by atoms with Crippen molar-refractivity contribution in [1.82, 2.24) is 5.32 Å². The van der Waals surface area contributed by atoms with Gasteiger partial charge in [-0.15, -0.1) is 0 Å². The van der Waals surface area contributed by atoms with E-state index in [0.717, 1.165) is 24.6 Å². The van der Waals surface area contributed by atoms with Crippen LogP contribution in [0.15, 0.2) is 41.1 Å². The van der Waals surface area contributed by atoms with Crippen molar-refractivity contribution in [3.63, 3.8) is 0 Å². The monoisotopic (exact) mass is 261 g/mol. The first-order valence-electron chi connectivity index (χ1n) is 6.02. The fourth-order valence-electron chi connectivity index (χ4n) is 1.93. The van der Waals surface area contributed by atoms with Crippen LogP contribution in [0.25, 0.3) is 0 Å². The van der Waals surface area contributed by atoms with Gasteiger partial charge in [-0.25, -0.2) is 0 Å². The van der Waals surface area contributed by atoms with E-state index in [2.05, 4.69) is 22.1 Å². The summed E-state index contributed by atoms with van der Waals surface area (Å²) in [7, 11) is 0. The van der Waals surface area contributed by atoms with Gasteiger partial charge in [0.25, 0.3) is 0 Å². The van der Waals surface area contributed by atoms with E-state index in [1.165, 1.54) is 5.56 Å². The van der Waals surface area contributed by atoms with Gasteiger partial charge in [-0.05, 0) is 34.5 Å². The third kappa shape index (κ3) is 2.66. The molecule has 0 amide bonds. The molecule has 1 atom stereocenters. The number of hydrogen-bond donors (Lipinski definition) is 1. The Morgan fingerprint density at radius 2 is 2.11 bits per heavy atom. The highest BCUT2D eigenvalue weighted by Gasteiger charge is 2.19. The quantitative estimate of drug-likeness (QED) is 0.918. The summed E-state index contributed by atoms with van der Waals surface area (Å²) in [4.78, 5) is 0. The first kappa shape index (κ1) is 11.6. The number of nitrogens with one attached hydrogen (secondary N) is 1. The molecule has 3 rings (SSSR count). The predicted molar refractivity (Wildman–Crippen MR) is 72.4 cm³/mol. The van der Waals surface area contributed by atoms with Crippen LogP contribution in [-0.2, 0) is 6.54 Å². The van der Waals surface area contributed by atoms with Gasteiger partial charge in [0.05, 0.1) is 0 Å². The van der Waals surface area contributed by atoms with Crippen molar-refractivity contribution in [2.75, 3.05) is 13.2 Å². The molecular weight excluding hydrogens is 246 g/mol. The molecule has 0 saturated heterocycles. The Morgan fingerprint density at radius 1 is 1.22 bits per heavy atom. The van der Waals surface area contributed by atoms with Crippen LogP contribution in [0.4, 0.5) is 0 Å². The number of rotatable bonds is 4. The summed E-state index contributed by atoms with van der Waals surface area (Å²) in [5.41, 5.74) is 1.32. The lowest BCUT2D eigenvalue weighted by molar-refractivity contribution is 0.0902. The number of ether oxygens (including phenoxy) is 2. The zero-order valence-electron chi connectivity index (χ0n) is 9.96. The Labute approximate surface area is 110 Å². The van der Waals surface area contributed by atoms with Gasteiger partial charge in [0.2, 0.25) is 0 Å². The molecule has 4 heteroatoms. The standard InChI is InChI=1S/C14H15NO2S/c1-2-4-14-13(3-1)16-9-12(17-14)8-15-7-11-5-6-18-10-11/h1-6,10,12,15H,7-9H2. The van der Waals surface area contributed by atoms with Crippen molar-refractivity contribution < 1.29 is 9.47 Å². The van der Waals surface area contributed by atoms with Crippen LogP contribution >= 0.6 is 11.3 Å². The van der Waals surface area contributed by atoms with Crippen LogP contribution < -0.4 is 14.8 Å². The van der Waals surface area contributed by atoms with Crippen molar-refractivity contribution in [3.8, 4) is 11.5 Å². The van der Waals surface area contributed by atoms with Crippen LogP contribution in [0.3, 0.4) is 0 Å². The predicted octanol–water partition coefficient (Wildman–Crippen LogP) is 2.68. The number of para-hydroxylation sites is 2. The molecule has 2 heterocycles. The molecule has 3 nitrogen and oxygen atoms in total. The van der Waals surface area contributed by atoms with Crippen LogP contribution in [-0.4, -0.2) is 19.3 Å². The van der Waals surface area contributed by atoms with Crippen molar-refractivity contribution >= 4 is 11.3 Å². The third-order valence-corrected chi connectivity index (χ3v) is 3.58. The number of thiophene rings is 1. The summed E-state index contributed by atoms with van der Waals surface area (Å²) in [5, 5.41) is 7.63. The third-order valence-electron chi connectivity index (χ3n) is 2.85. The molecule has 1 unspecified atom stereocenters. The minimum atomic E-state index is 0.0820. The topological polar surface area (TPSA) is 30.5 Å². The van der Waals surface area contributed by atoms with Gasteiger partial charge in [0, 0.05) is 13.1 Å². The molecule has 1 aromatic carbocycles. The Kier molecular flexibility index (Phi) is 3.48. The molecule has 2 aromatic rings. The molecule has 1 aromatic heterocycles. The average Bonchev–Trinajstić information content (AvgIpc) is 2.92. The highest BCUT2D eigenvalue weighted by atomic mass is 32.1. The summed E-state index contributed by atoms with van der Waals surface area (Å²) in [6, 6.07) is 9.93. The van der Waals surface area contributed by atoms with Gasteiger partial charge in [0.1, 0.15) is 12.7 Å². The van der Waals surface area contributed by atoms with Gasteiger partial charge in [-0.3, -0.25) is 0 Å². The molecule has 1 aliphatic rings. The lowest BCUT2D eigenvalue weighted by atomic mass is 10.2. The van der Waals surface area contributed by atoms with Crippen LogP contribution in [0.1, 0.15) is 5.56 Å². The second-order valence-corrected chi connectivity index (χ2v) is 5.04. The van der Waals surface area contributed by atoms with Crippen molar-refractivity contribution in [1.29, 1.82) is 0 Å². The lowest BCUT2D eigenvalue weighted by Crippen LogP contribution is -2.38. The summed E-state index contributed by atoms with van der Waals surface area (Å²) in [6.07, 6.45) is 0.0820. The van der Waals surface area contributed by atoms with E-state index in [-0.39, 0.29) is 6.10 Å². The van der Waals surface area contributed by atoms with E-state index in [1.54, 1.807) is 11.3 Å². The molecule has 0 spiro atoms. The van der Waals surface area contributed by atoms with E-state index < -0.39 is 0 Å². The Bertz CT molecular complexity index is 498. The molecule has 0 radical (unpaired) electrons. The first-order valence-corrected chi connectivity index (χ1v) is 6.96. The maximum absolute atomic E-state index is 5.87. The summed E-state index contributed by atoms with van der Waals surface area (Å²) in [5.74, 6) is 1.68. The van der Waals surface area contributed by atoms with Crippen LogP contribution in [0, 0.1) is 0 Å². The second kappa shape index (κ2) is 5.42. The highest BCUT2D eigenvalue weighted by molar-refractivity contribution is 7.07. The van der Waals surface area contributed by atoms with Crippen molar-refractivity contribution in [2.24, 2.45) is 0 Å². The van der Waals surface area contributed by atoms with Crippen LogP contribution in [0.2, 0.25) is 0 Å². The largest absolute Gasteiger partial charge is 0.486 e. The Balaban J connectivity index is 1.51. The minimum absolute atomic E-state index is 0.0820. The van der Waals surface area contributed by atoms with Gasteiger partial charge in [0.15, 0.2) is 11.5 Å². The molecule has 0 bridgehead atoms. The summed E-state index contributed by atoms with van der Waals surface area (Å²) < 4.78 is 11.5. The number of hydrogen-bond acceptors (Lipinski definition) is 4. The molecule has 0 aliphatic carbocycles. The Morgan fingerprint density at radius 3 is 2.94 bits per heavy atom. The number of fused-ring (bicyclic) bond motifs is 1. The zero-order valence-corrected chi connectivity index (χ0v) is 10.8. The van der Waals surface area contributed by atoms with E-state index in [9.17, 15) is 0 Å². The fourth-order valence-corrected chi connectivity index (χ4v) is 2.60. The zero-order chi connectivity index (χ0) is 12.2. The second-order valence-electron chi connectivity index (χ2n) is 4.26. The molecule has 0 fully saturated rings. The van der Waals surface area contributed by atoms with Crippen molar-refractivity contribution in [3.05, 3.63) is 46.7 Å². The van der Waals surface area contributed by atoms with E-state index in [1.807, 2.05) is 24.3 Å². The van der Waals surface area contributed by atoms with E-state index in [0.29, 0.717) is 6.61 Å². The van der Waals surface area contributed by atoms with Gasteiger partial charge < -0.3 is 14.8 Å².